The summed E-state index contributed by atoms with van der Waals surface area (Å²) in [5, 5.41) is 4.09. The van der Waals surface area contributed by atoms with Crippen molar-refractivity contribution in [2.24, 2.45) is 5.73 Å². The highest BCUT2D eigenvalue weighted by Crippen LogP contribution is 2.39. The van der Waals surface area contributed by atoms with Crippen LogP contribution in [0.2, 0.25) is 5.02 Å². The Hall–Kier alpha value is -0.970. The second-order valence-corrected chi connectivity index (χ2v) is 5.55. The van der Waals surface area contributed by atoms with Crippen LogP contribution in [-0.2, 0) is 0 Å². The van der Waals surface area contributed by atoms with Crippen molar-refractivity contribution in [2.45, 2.75) is 38.8 Å². The summed E-state index contributed by atoms with van der Waals surface area (Å²) >= 11 is 6.32. The van der Waals surface area contributed by atoms with Crippen molar-refractivity contribution in [3.63, 3.8) is 0 Å². The summed E-state index contributed by atoms with van der Waals surface area (Å²) in [7, 11) is 0. The number of nitrogens with two attached hydrogens (primary N) is 1. The van der Waals surface area contributed by atoms with Gasteiger partial charge < -0.3 is 20.5 Å². The number of fused-ring (bicyclic) bond motifs is 1. The van der Waals surface area contributed by atoms with Crippen molar-refractivity contribution >= 4 is 11.6 Å². The zero-order chi connectivity index (χ0) is 14.5. The third-order valence-corrected chi connectivity index (χ3v) is 3.84. The van der Waals surface area contributed by atoms with E-state index in [1.54, 1.807) is 0 Å². The van der Waals surface area contributed by atoms with Crippen molar-refractivity contribution in [1.82, 2.24) is 5.32 Å². The van der Waals surface area contributed by atoms with Crippen molar-refractivity contribution in [2.75, 3.05) is 19.8 Å². The molecule has 0 spiro atoms. The van der Waals surface area contributed by atoms with E-state index in [0.29, 0.717) is 36.6 Å². The number of ether oxygens (including phenoxy) is 2. The zero-order valence-electron chi connectivity index (χ0n) is 12.1. The molecule has 0 radical (unpaired) electrons. The van der Waals surface area contributed by atoms with E-state index in [9.17, 15) is 0 Å². The molecule has 1 aromatic carbocycles. The Labute approximate surface area is 125 Å². The number of hydrogen-bond donors (Lipinski definition) is 2. The Bertz CT molecular complexity index is 454. The van der Waals surface area contributed by atoms with E-state index in [4.69, 9.17) is 26.8 Å². The van der Waals surface area contributed by atoms with Gasteiger partial charge in [-0.15, -0.1) is 0 Å². The lowest BCUT2D eigenvalue weighted by Gasteiger charge is -2.23. The van der Waals surface area contributed by atoms with Gasteiger partial charge in [-0.25, -0.2) is 0 Å². The topological polar surface area (TPSA) is 56.5 Å². The van der Waals surface area contributed by atoms with Gasteiger partial charge in [0.25, 0.3) is 0 Å². The molecule has 20 heavy (non-hydrogen) atoms. The van der Waals surface area contributed by atoms with Gasteiger partial charge in [-0.05, 0) is 31.0 Å². The van der Waals surface area contributed by atoms with Crippen LogP contribution in [-0.4, -0.2) is 25.8 Å². The normalized spacial score (nSPS) is 17.4. The fourth-order valence-corrected chi connectivity index (χ4v) is 2.49. The molecular formula is C15H23ClN2O2. The summed E-state index contributed by atoms with van der Waals surface area (Å²) in [6.45, 7) is 6.09. The van der Waals surface area contributed by atoms with E-state index < -0.39 is 0 Å². The van der Waals surface area contributed by atoms with Crippen molar-refractivity contribution in [3.05, 3.63) is 22.7 Å². The van der Waals surface area contributed by atoms with Gasteiger partial charge in [0, 0.05) is 25.0 Å². The SMILES string of the molecule is CCC(C)NC(CN)c1cc(Cl)c2c(c1)OCCCO2. The van der Waals surface area contributed by atoms with Gasteiger partial charge in [0.05, 0.1) is 18.2 Å². The molecule has 0 fully saturated rings. The van der Waals surface area contributed by atoms with Gasteiger partial charge in [-0.3, -0.25) is 0 Å². The molecule has 1 aromatic rings. The molecule has 0 aliphatic carbocycles. The highest BCUT2D eigenvalue weighted by atomic mass is 35.5. The van der Waals surface area contributed by atoms with Crippen LogP contribution >= 0.6 is 11.6 Å². The van der Waals surface area contributed by atoms with Gasteiger partial charge in [-0.1, -0.05) is 18.5 Å². The summed E-state index contributed by atoms with van der Waals surface area (Å²) in [6, 6.07) is 4.37. The summed E-state index contributed by atoms with van der Waals surface area (Å²) in [4.78, 5) is 0. The maximum absolute atomic E-state index is 6.32. The Morgan fingerprint density at radius 1 is 1.35 bits per heavy atom. The van der Waals surface area contributed by atoms with Crippen molar-refractivity contribution < 1.29 is 9.47 Å². The highest BCUT2D eigenvalue weighted by Gasteiger charge is 2.19. The van der Waals surface area contributed by atoms with Crippen LogP contribution in [0.15, 0.2) is 12.1 Å². The van der Waals surface area contributed by atoms with Gasteiger partial charge in [0.15, 0.2) is 11.5 Å². The van der Waals surface area contributed by atoms with Crippen LogP contribution in [0.4, 0.5) is 0 Å². The summed E-state index contributed by atoms with van der Waals surface area (Å²) in [5.74, 6) is 1.36. The van der Waals surface area contributed by atoms with Gasteiger partial charge in [0.2, 0.25) is 0 Å². The van der Waals surface area contributed by atoms with Crippen LogP contribution < -0.4 is 20.5 Å². The van der Waals surface area contributed by atoms with E-state index in [1.165, 1.54) is 0 Å². The molecule has 0 saturated heterocycles. The lowest BCUT2D eigenvalue weighted by atomic mass is 10.0. The Balaban J connectivity index is 2.27. The van der Waals surface area contributed by atoms with E-state index >= 15 is 0 Å². The minimum Gasteiger partial charge on any atom is -0.489 e. The lowest BCUT2D eigenvalue weighted by Crippen LogP contribution is -2.34. The first-order chi connectivity index (χ1) is 9.65. The van der Waals surface area contributed by atoms with E-state index in [2.05, 4.69) is 19.2 Å². The predicted octanol–water partition coefficient (Wildman–Crippen LogP) is 2.89. The molecule has 0 bridgehead atoms. The number of hydrogen-bond acceptors (Lipinski definition) is 4. The average molecular weight is 299 g/mol. The number of benzene rings is 1. The first kappa shape index (κ1) is 15.4. The zero-order valence-corrected chi connectivity index (χ0v) is 12.9. The van der Waals surface area contributed by atoms with Crippen molar-refractivity contribution in [3.8, 4) is 11.5 Å². The third-order valence-electron chi connectivity index (χ3n) is 3.56. The molecule has 1 aliphatic heterocycles. The van der Waals surface area contributed by atoms with Crippen molar-refractivity contribution in [1.29, 1.82) is 0 Å². The molecule has 1 heterocycles. The van der Waals surface area contributed by atoms with E-state index in [-0.39, 0.29) is 6.04 Å². The van der Waals surface area contributed by atoms with Crippen LogP contribution in [0.5, 0.6) is 11.5 Å². The fourth-order valence-electron chi connectivity index (χ4n) is 2.21. The smallest absolute Gasteiger partial charge is 0.179 e. The molecule has 4 nitrogen and oxygen atoms in total. The Morgan fingerprint density at radius 2 is 2.10 bits per heavy atom. The van der Waals surface area contributed by atoms with Gasteiger partial charge in [-0.2, -0.15) is 0 Å². The number of nitrogens with one attached hydrogen (secondary N) is 1. The average Bonchev–Trinajstić information content (AvgIpc) is 2.70. The molecular weight excluding hydrogens is 276 g/mol. The van der Waals surface area contributed by atoms with Gasteiger partial charge in [0.1, 0.15) is 0 Å². The quantitative estimate of drug-likeness (QED) is 0.877. The Morgan fingerprint density at radius 3 is 2.80 bits per heavy atom. The molecule has 5 heteroatoms. The van der Waals surface area contributed by atoms with Crippen LogP contribution in [0.1, 0.15) is 38.3 Å². The maximum Gasteiger partial charge on any atom is 0.179 e. The second kappa shape index (κ2) is 7.16. The van der Waals surface area contributed by atoms with Gasteiger partial charge >= 0.3 is 0 Å². The minimum absolute atomic E-state index is 0.0691. The highest BCUT2D eigenvalue weighted by molar-refractivity contribution is 6.32. The fraction of sp³-hybridized carbons (Fsp3) is 0.600. The number of halogens is 1. The van der Waals surface area contributed by atoms with Crippen LogP contribution in [0.25, 0.3) is 0 Å². The van der Waals surface area contributed by atoms with E-state index in [1.807, 2.05) is 12.1 Å². The van der Waals surface area contributed by atoms with E-state index in [0.717, 1.165) is 24.2 Å². The molecule has 1 aliphatic rings. The lowest BCUT2D eigenvalue weighted by molar-refractivity contribution is 0.297. The van der Waals surface area contributed by atoms with Crippen LogP contribution in [0.3, 0.4) is 0 Å². The molecule has 2 rings (SSSR count). The summed E-state index contributed by atoms with van der Waals surface area (Å²) < 4.78 is 11.4. The van der Waals surface area contributed by atoms with Crippen LogP contribution in [0, 0.1) is 0 Å². The molecule has 112 valence electrons. The predicted molar refractivity (Wildman–Crippen MR) is 81.7 cm³/mol. The standard InChI is InChI=1S/C15H23ClN2O2/c1-3-10(2)18-13(9-17)11-7-12(16)15-14(8-11)19-5-4-6-20-15/h7-8,10,13,18H,3-6,9,17H2,1-2H3. The summed E-state index contributed by atoms with van der Waals surface area (Å²) in [5.41, 5.74) is 6.93. The molecule has 2 unspecified atom stereocenters. The molecule has 0 aromatic heterocycles. The summed E-state index contributed by atoms with van der Waals surface area (Å²) in [6.07, 6.45) is 1.92. The first-order valence-electron chi connectivity index (χ1n) is 7.20. The molecule has 0 amide bonds. The molecule has 2 atom stereocenters. The Kier molecular flexibility index (Phi) is 5.52. The monoisotopic (exact) mass is 298 g/mol. The first-order valence-corrected chi connectivity index (χ1v) is 7.58. The third kappa shape index (κ3) is 3.57. The second-order valence-electron chi connectivity index (χ2n) is 5.14. The molecule has 3 N–H and O–H groups in total. The molecule has 0 saturated carbocycles. The maximum atomic E-state index is 6.32. The number of rotatable bonds is 5. The largest absolute Gasteiger partial charge is 0.489 e. The minimum atomic E-state index is 0.0691.